The maximum atomic E-state index is 12.9. The third kappa shape index (κ3) is 5.63. The van der Waals surface area contributed by atoms with Crippen molar-refractivity contribution in [1.29, 1.82) is 0 Å². The molecule has 2 heterocycles. The molecule has 0 unspecified atom stereocenters. The van der Waals surface area contributed by atoms with E-state index in [2.05, 4.69) is 41.9 Å². The van der Waals surface area contributed by atoms with Gasteiger partial charge in [-0.2, -0.15) is 0 Å². The van der Waals surface area contributed by atoms with Crippen LogP contribution in [0.4, 0.5) is 4.79 Å². The highest BCUT2D eigenvalue weighted by molar-refractivity contribution is 9.10. The number of rotatable bonds is 8. The Labute approximate surface area is 223 Å². The van der Waals surface area contributed by atoms with Crippen LogP contribution in [0, 0.1) is 0 Å². The molecule has 1 saturated heterocycles. The van der Waals surface area contributed by atoms with Crippen molar-refractivity contribution in [2.45, 2.75) is 13.2 Å². The minimum atomic E-state index is -0.651. The Morgan fingerprint density at radius 2 is 1.81 bits per heavy atom. The van der Waals surface area contributed by atoms with Gasteiger partial charge in [0.2, 0.25) is 5.76 Å². The summed E-state index contributed by atoms with van der Waals surface area (Å²) in [5.41, 5.74) is 1.66. The number of carbonyl (C=O) groups is 3. The van der Waals surface area contributed by atoms with Crippen LogP contribution in [0.1, 0.15) is 27.4 Å². The molecule has 11 heteroatoms. The van der Waals surface area contributed by atoms with Gasteiger partial charge in [-0.1, -0.05) is 44.0 Å². The highest BCUT2D eigenvalue weighted by Crippen LogP contribution is 2.35. The van der Waals surface area contributed by atoms with E-state index in [-0.39, 0.29) is 23.8 Å². The van der Waals surface area contributed by atoms with Crippen molar-refractivity contribution in [3.63, 3.8) is 0 Å². The molecule has 3 amide bonds. The second kappa shape index (κ2) is 11.0. The molecule has 1 aliphatic rings. The van der Waals surface area contributed by atoms with Gasteiger partial charge in [0.05, 0.1) is 20.8 Å². The van der Waals surface area contributed by atoms with Crippen molar-refractivity contribution in [2.75, 3.05) is 14.2 Å². The Balaban J connectivity index is 1.50. The number of hydrogen-bond donors (Lipinski definition) is 1. The Kier molecular flexibility index (Phi) is 7.80. The second-order valence-electron chi connectivity index (χ2n) is 7.58. The molecule has 0 atom stereocenters. The van der Waals surface area contributed by atoms with Crippen molar-refractivity contribution in [3.05, 3.63) is 85.8 Å². The Morgan fingerprint density at radius 3 is 2.50 bits per heavy atom. The predicted octanol–water partition coefficient (Wildman–Crippen LogP) is 5.27. The van der Waals surface area contributed by atoms with E-state index in [9.17, 15) is 14.4 Å². The number of furan rings is 1. The fraction of sp³-hybridized carbons (Fsp3) is 0.160. The van der Waals surface area contributed by atoms with Crippen LogP contribution in [0.3, 0.4) is 0 Å². The summed E-state index contributed by atoms with van der Waals surface area (Å²) in [6, 6.07) is 13.5. The fourth-order valence-electron chi connectivity index (χ4n) is 3.38. The Morgan fingerprint density at radius 1 is 1.06 bits per heavy atom. The normalized spacial score (nSPS) is 14.2. The van der Waals surface area contributed by atoms with Gasteiger partial charge in [0.25, 0.3) is 5.91 Å². The first-order valence-electron chi connectivity index (χ1n) is 10.6. The van der Waals surface area contributed by atoms with Crippen molar-refractivity contribution >= 4 is 55.8 Å². The summed E-state index contributed by atoms with van der Waals surface area (Å²) in [5.74, 6) is 0.0161. The maximum Gasteiger partial charge on any atom is 0.373 e. The van der Waals surface area contributed by atoms with Gasteiger partial charge in [0, 0.05) is 8.95 Å². The molecule has 1 aliphatic heterocycles. The topological polar surface area (TPSA) is 107 Å². The molecule has 36 heavy (non-hydrogen) atoms. The number of halogens is 2. The summed E-state index contributed by atoms with van der Waals surface area (Å²) in [5, 5.41) is 2.56. The number of ether oxygens (including phenoxy) is 3. The number of benzene rings is 2. The first kappa shape index (κ1) is 25.5. The minimum Gasteiger partial charge on any atom is -0.493 e. The van der Waals surface area contributed by atoms with Crippen molar-refractivity contribution in [1.82, 2.24) is 10.2 Å². The molecule has 2 aromatic carbocycles. The van der Waals surface area contributed by atoms with Gasteiger partial charge in [0.1, 0.15) is 18.1 Å². The number of amides is 3. The van der Waals surface area contributed by atoms with Crippen LogP contribution in [0.5, 0.6) is 11.5 Å². The van der Waals surface area contributed by atoms with Gasteiger partial charge in [-0.25, -0.2) is 9.59 Å². The van der Waals surface area contributed by atoms with Gasteiger partial charge in [-0.05, 0) is 53.6 Å². The zero-order valence-electron chi connectivity index (χ0n) is 19.2. The summed E-state index contributed by atoms with van der Waals surface area (Å²) in [6.07, 6.45) is 1.54. The lowest BCUT2D eigenvalue weighted by atomic mass is 10.1. The van der Waals surface area contributed by atoms with E-state index >= 15 is 0 Å². The zero-order valence-corrected chi connectivity index (χ0v) is 22.3. The molecule has 186 valence electrons. The van der Waals surface area contributed by atoms with Crippen molar-refractivity contribution in [2.24, 2.45) is 0 Å². The summed E-state index contributed by atoms with van der Waals surface area (Å²) in [4.78, 5) is 37.9. The van der Waals surface area contributed by atoms with Crippen LogP contribution in [0.15, 0.2) is 67.6 Å². The first-order valence-corrected chi connectivity index (χ1v) is 12.1. The number of imide groups is 1. The largest absolute Gasteiger partial charge is 0.493 e. The summed E-state index contributed by atoms with van der Waals surface area (Å²) in [7, 11) is 2.75. The van der Waals surface area contributed by atoms with Crippen molar-refractivity contribution < 1.29 is 33.0 Å². The minimum absolute atomic E-state index is 0.0196. The monoisotopic (exact) mass is 618 g/mol. The second-order valence-corrected chi connectivity index (χ2v) is 9.35. The zero-order chi connectivity index (χ0) is 25.8. The number of urea groups is 1. The predicted molar refractivity (Wildman–Crippen MR) is 136 cm³/mol. The van der Waals surface area contributed by atoms with Crippen LogP contribution in [-0.4, -0.2) is 37.0 Å². The number of nitrogens with one attached hydrogen (secondary N) is 1. The molecule has 0 bridgehead atoms. The van der Waals surface area contributed by atoms with E-state index in [1.54, 1.807) is 12.1 Å². The average molecular weight is 620 g/mol. The molecule has 0 spiro atoms. The van der Waals surface area contributed by atoms with Gasteiger partial charge in [0.15, 0.2) is 11.5 Å². The highest BCUT2D eigenvalue weighted by Gasteiger charge is 2.34. The van der Waals surface area contributed by atoms with E-state index < -0.39 is 17.9 Å². The lowest BCUT2D eigenvalue weighted by Crippen LogP contribution is -2.30. The molecule has 0 radical (unpaired) electrons. The molecule has 1 fully saturated rings. The smallest absolute Gasteiger partial charge is 0.373 e. The summed E-state index contributed by atoms with van der Waals surface area (Å²) < 4.78 is 23.0. The molecule has 1 aromatic heterocycles. The molecule has 1 N–H and O–H groups in total. The Bertz CT molecular complexity index is 1350. The van der Waals surface area contributed by atoms with Gasteiger partial charge in [-0.3, -0.25) is 9.69 Å². The van der Waals surface area contributed by atoms with E-state index in [1.807, 2.05) is 24.3 Å². The third-order valence-electron chi connectivity index (χ3n) is 5.21. The fourth-order valence-corrected chi connectivity index (χ4v) is 4.08. The van der Waals surface area contributed by atoms with Gasteiger partial charge < -0.3 is 23.9 Å². The number of esters is 1. The molecular weight excluding hydrogens is 600 g/mol. The van der Waals surface area contributed by atoms with Crippen LogP contribution < -0.4 is 14.8 Å². The molecule has 4 rings (SSSR count). The maximum absolute atomic E-state index is 12.9. The van der Waals surface area contributed by atoms with Crippen LogP contribution in [0.25, 0.3) is 6.08 Å². The number of nitrogens with zero attached hydrogens (tertiary/aromatic N) is 1. The third-order valence-corrected chi connectivity index (χ3v) is 6.43. The molecular formula is C25H20Br2N2O7. The van der Waals surface area contributed by atoms with E-state index in [4.69, 9.17) is 13.9 Å². The lowest BCUT2D eigenvalue weighted by Gasteiger charge is -2.13. The SMILES string of the molecule is COC(=O)c1ccc(CN2C(=O)N/C(=C\c3cc(OC)c(OCc4ccc(Br)cc4)cc3Br)C2=O)o1. The van der Waals surface area contributed by atoms with E-state index in [0.717, 1.165) is 14.9 Å². The van der Waals surface area contributed by atoms with Crippen molar-refractivity contribution in [3.8, 4) is 11.5 Å². The first-order chi connectivity index (χ1) is 17.3. The van der Waals surface area contributed by atoms with Crippen LogP contribution in [0.2, 0.25) is 0 Å². The molecule has 0 aliphatic carbocycles. The van der Waals surface area contributed by atoms with Crippen LogP contribution >= 0.6 is 31.9 Å². The van der Waals surface area contributed by atoms with Crippen LogP contribution in [-0.2, 0) is 22.7 Å². The van der Waals surface area contributed by atoms with E-state index in [1.165, 1.54) is 32.4 Å². The van der Waals surface area contributed by atoms with E-state index in [0.29, 0.717) is 28.1 Å². The highest BCUT2D eigenvalue weighted by atomic mass is 79.9. The summed E-state index contributed by atoms with van der Waals surface area (Å²) in [6.45, 7) is 0.191. The lowest BCUT2D eigenvalue weighted by molar-refractivity contribution is -0.123. The number of hydrogen-bond acceptors (Lipinski definition) is 7. The summed E-state index contributed by atoms with van der Waals surface area (Å²) >= 11 is 6.91. The number of carbonyl (C=O) groups excluding carboxylic acids is 3. The number of methoxy groups -OCH3 is 2. The standard InChI is InChI=1S/C25H20Br2N2O7/c1-33-21-10-15(18(27)11-22(21)35-13-14-3-5-16(26)6-4-14)9-19-23(30)29(25(32)28-19)12-17-7-8-20(36-17)24(31)34-2/h3-11H,12-13H2,1-2H3,(H,28,32)/b19-9-. The Hall–Kier alpha value is -3.57. The van der Waals surface area contributed by atoms with Gasteiger partial charge in [-0.15, -0.1) is 0 Å². The molecule has 0 saturated carbocycles. The van der Waals surface area contributed by atoms with Gasteiger partial charge >= 0.3 is 12.0 Å². The molecule has 9 nitrogen and oxygen atoms in total. The molecule has 3 aromatic rings. The quantitative estimate of drug-likeness (QED) is 0.208. The average Bonchev–Trinajstić information content (AvgIpc) is 3.45.